The minimum Gasteiger partial charge on any atom is -0.378 e. The Morgan fingerprint density at radius 3 is 2.48 bits per heavy atom. The van der Waals surface area contributed by atoms with Gasteiger partial charge in [-0.1, -0.05) is 18.6 Å². The van der Waals surface area contributed by atoms with Crippen LogP contribution in [0, 0.1) is 24.7 Å². The van der Waals surface area contributed by atoms with E-state index in [1.54, 1.807) is 0 Å². The molecule has 164 valence electrons. The van der Waals surface area contributed by atoms with Gasteiger partial charge in [0.15, 0.2) is 0 Å². The van der Waals surface area contributed by atoms with Crippen molar-refractivity contribution in [1.82, 2.24) is 5.32 Å². The Morgan fingerprint density at radius 2 is 1.83 bits per heavy atom. The van der Waals surface area contributed by atoms with Gasteiger partial charge in [0.2, 0.25) is 5.91 Å². The maximum atomic E-state index is 12.9. The van der Waals surface area contributed by atoms with E-state index in [-0.39, 0.29) is 36.6 Å². The zero-order chi connectivity index (χ0) is 18.8. The Hall–Kier alpha value is -1.01. The summed E-state index contributed by atoms with van der Waals surface area (Å²) in [7, 11) is 0. The van der Waals surface area contributed by atoms with E-state index in [9.17, 15) is 4.79 Å². The van der Waals surface area contributed by atoms with Crippen molar-refractivity contribution in [2.24, 2.45) is 23.5 Å². The molecule has 4 rings (SSSR count). The van der Waals surface area contributed by atoms with E-state index in [0.29, 0.717) is 24.4 Å². The highest BCUT2D eigenvalue weighted by molar-refractivity contribution is 5.85. The second kappa shape index (κ2) is 10.9. The predicted octanol–water partition coefficient (Wildman–Crippen LogP) is 3.45. The second-order valence-corrected chi connectivity index (χ2v) is 8.65. The number of nitrogens with two attached hydrogens (primary N) is 1. The van der Waals surface area contributed by atoms with Crippen LogP contribution in [-0.4, -0.2) is 38.3 Å². The maximum absolute atomic E-state index is 12.9. The molecule has 3 N–H and O–H groups in total. The Balaban J connectivity index is 0.00000150. The van der Waals surface area contributed by atoms with Gasteiger partial charge in [0.25, 0.3) is 0 Å². The molecule has 7 heteroatoms. The van der Waals surface area contributed by atoms with Crippen molar-refractivity contribution in [3.8, 4) is 0 Å². The van der Waals surface area contributed by atoms with Crippen LogP contribution in [0.2, 0.25) is 0 Å². The van der Waals surface area contributed by atoms with E-state index in [1.807, 2.05) is 0 Å². The second-order valence-electron chi connectivity index (χ2n) is 8.65. The molecule has 0 radical (unpaired) electrons. The van der Waals surface area contributed by atoms with Crippen LogP contribution in [0.25, 0.3) is 0 Å². The van der Waals surface area contributed by atoms with E-state index in [2.05, 4.69) is 35.3 Å². The molecule has 1 aromatic rings. The quantitative estimate of drug-likeness (QED) is 0.747. The number of amides is 1. The van der Waals surface area contributed by atoms with Crippen LogP contribution >= 0.6 is 24.8 Å². The predicted molar refractivity (Wildman–Crippen MR) is 122 cm³/mol. The van der Waals surface area contributed by atoms with Crippen LogP contribution in [0.1, 0.15) is 43.2 Å². The molecule has 1 aliphatic heterocycles. The number of ether oxygens (including phenoxy) is 1. The first kappa shape index (κ1) is 24.3. The molecule has 2 atom stereocenters. The highest BCUT2D eigenvalue weighted by Crippen LogP contribution is 2.41. The molecular formula is C22H35Cl2N3O2. The third kappa shape index (κ3) is 5.57. The fraction of sp³-hybridized carbons (Fsp3) is 0.682. The molecule has 1 heterocycles. The number of morpholine rings is 1. The number of hydrogen-bond donors (Lipinski definition) is 2. The fourth-order valence-corrected chi connectivity index (χ4v) is 5.25. The Kier molecular flexibility index (Phi) is 9.08. The van der Waals surface area contributed by atoms with Crippen molar-refractivity contribution in [1.29, 1.82) is 0 Å². The van der Waals surface area contributed by atoms with Gasteiger partial charge >= 0.3 is 0 Å². The summed E-state index contributed by atoms with van der Waals surface area (Å²) < 4.78 is 5.49. The Labute approximate surface area is 186 Å². The standard InChI is InChI=1S/C22H33N3O2.2ClH/c1-15-5-6-18(20(11-15)25-7-9-27-10-8-25)14-24-22(26)19-12-16-3-2-4-17(13-19)21(16)23;;/h5-6,11,16-17,19,21H,2-4,7-10,12-14,23H2,1H3,(H,24,26);2*1H. The lowest BCUT2D eigenvalue weighted by Gasteiger charge is -2.43. The van der Waals surface area contributed by atoms with Crippen LogP contribution in [0.4, 0.5) is 5.69 Å². The molecule has 5 nitrogen and oxygen atoms in total. The van der Waals surface area contributed by atoms with Gasteiger partial charge in [-0.3, -0.25) is 4.79 Å². The SMILES string of the molecule is Cc1ccc(CNC(=O)C2CC3CCCC(C2)C3N)c(N2CCOCC2)c1.Cl.Cl. The number of nitrogens with one attached hydrogen (secondary N) is 1. The minimum absolute atomic E-state index is 0. The van der Waals surface area contributed by atoms with Gasteiger partial charge in [-0.15, -0.1) is 24.8 Å². The third-order valence-corrected chi connectivity index (χ3v) is 6.83. The first-order valence-electron chi connectivity index (χ1n) is 10.6. The molecule has 1 aromatic carbocycles. The van der Waals surface area contributed by atoms with Gasteiger partial charge in [-0.05, 0) is 61.6 Å². The number of nitrogens with zero attached hydrogens (tertiary/aromatic N) is 1. The van der Waals surface area contributed by atoms with Crippen LogP contribution in [0.3, 0.4) is 0 Å². The lowest BCUT2D eigenvalue weighted by atomic mass is 9.65. The molecule has 1 saturated heterocycles. The van der Waals surface area contributed by atoms with Crippen molar-refractivity contribution in [2.75, 3.05) is 31.2 Å². The van der Waals surface area contributed by atoms with Crippen LogP contribution in [-0.2, 0) is 16.1 Å². The molecule has 29 heavy (non-hydrogen) atoms. The van der Waals surface area contributed by atoms with Crippen molar-refractivity contribution in [2.45, 2.75) is 51.6 Å². The average Bonchev–Trinajstić information content (AvgIpc) is 2.67. The van der Waals surface area contributed by atoms with E-state index < -0.39 is 0 Å². The van der Waals surface area contributed by atoms with Gasteiger partial charge < -0.3 is 20.7 Å². The number of carbonyl (C=O) groups excluding carboxylic acids is 1. The van der Waals surface area contributed by atoms with Gasteiger partial charge in [0.1, 0.15) is 0 Å². The normalized spacial score (nSPS) is 28.7. The van der Waals surface area contributed by atoms with Crippen LogP contribution in [0.15, 0.2) is 18.2 Å². The smallest absolute Gasteiger partial charge is 0.223 e. The summed E-state index contributed by atoms with van der Waals surface area (Å²) in [5.74, 6) is 1.43. The van der Waals surface area contributed by atoms with Crippen LogP contribution < -0.4 is 16.0 Å². The molecular weight excluding hydrogens is 409 g/mol. The molecule has 0 spiro atoms. The summed E-state index contributed by atoms with van der Waals surface area (Å²) in [4.78, 5) is 15.3. The van der Waals surface area contributed by atoms with Crippen molar-refractivity contribution in [3.63, 3.8) is 0 Å². The molecule has 2 saturated carbocycles. The average molecular weight is 444 g/mol. The number of fused-ring (bicyclic) bond motifs is 2. The van der Waals surface area contributed by atoms with E-state index in [0.717, 1.165) is 39.1 Å². The van der Waals surface area contributed by atoms with Crippen LogP contribution in [0.5, 0.6) is 0 Å². The molecule has 1 amide bonds. The zero-order valence-corrected chi connectivity index (χ0v) is 18.9. The first-order valence-corrected chi connectivity index (χ1v) is 10.6. The number of anilines is 1. The first-order chi connectivity index (χ1) is 13.1. The maximum Gasteiger partial charge on any atom is 0.223 e. The van der Waals surface area contributed by atoms with Crippen molar-refractivity contribution >= 4 is 36.4 Å². The lowest BCUT2D eigenvalue weighted by molar-refractivity contribution is -0.128. The summed E-state index contributed by atoms with van der Waals surface area (Å²) in [5.41, 5.74) is 10.1. The number of halogens is 2. The van der Waals surface area contributed by atoms with E-state index in [1.165, 1.54) is 36.1 Å². The van der Waals surface area contributed by atoms with Crippen molar-refractivity contribution < 1.29 is 9.53 Å². The Bertz CT molecular complexity index is 668. The summed E-state index contributed by atoms with van der Waals surface area (Å²) >= 11 is 0. The molecule has 2 unspecified atom stereocenters. The van der Waals surface area contributed by atoms with Gasteiger partial charge in [0, 0.05) is 37.3 Å². The number of aryl methyl sites for hydroxylation is 1. The highest BCUT2D eigenvalue weighted by Gasteiger charge is 2.40. The number of carbonyl (C=O) groups is 1. The number of rotatable bonds is 4. The summed E-state index contributed by atoms with van der Waals surface area (Å²) in [5, 5.41) is 3.23. The van der Waals surface area contributed by atoms with Gasteiger partial charge in [-0.25, -0.2) is 0 Å². The largest absolute Gasteiger partial charge is 0.378 e. The fourth-order valence-electron chi connectivity index (χ4n) is 5.25. The van der Waals surface area contributed by atoms with Crippen molar-refractivity contribution in [3.05, 3.63) is 29.3 Å². The lowest BCUT2D eigenvalue weighted by Crippen LogP contribution is -2.49. The minimum atomic E-state index is 0. The van der Waals surface area contributed by atoms with Gasteiger partial charge in [-0.2, -0.15) is 0 Å². The summed E-state index contributed by atoms with van der Waals surface area (Å²) in [6.45, 7) is 6.08. The topological polar surface area (TPSA) is 67.6 Å². The molecule has 2 bridgehead atoms. The molecule has 2 aliphatic carbocycles. The van der Waals surface area contributed by atoms with E-state index in [4.69, 9.17) is 10.5 Å². The third-order valence-electron chi connectivity index (χ3n) is 6.83. The number of benzene rings is 1. The molecule has 3 fully saturated rings. The Morgan fingerprint density at radius 1 is 1.17 bits per heavy atom. The van der Waals surface area contributed by atoms with Gasteiger partial charge in [0.05, 0.1) is 13.2 Å². The molecule has 3 aliphatic rings. The summed E-state index contributed by atoms with van der Waals surface area (Å²) in [6.07, 6.45) is 5.60. The highest BCUT2D eigenvalue weighted by atomic mass is 35.5. The summed E-state index contributed by atoms with van der Waals surface area (Å²) in [6, 6.07) is 6.84. The number of hydrogen-bond acceptors (Lipinski definition) is 4. The monoisotopic (exact) mass is 443 g/mol. The van der Waals surface area contributed by atoms with E-state index >= 15 is 0 Å². The zero-order valence-electron chi connectivity index (χ0n) is 17.3. The molecule has 0 aromatic heterocycles.